The molecule has 1 amide bonds. The number of carboxylic acid groups (broad SMARTS) is 1. The minimum Gasteiger partial charge on any atom is -0.478 e. The molecule has 0 saturated heterocycles. The van der Waals surface area contributed by atoms with Gasteiger partial charge in [-0.05, 0) is 25.1 Å². The molecule has 0 atom stereocenters. The van der Waals surface area contributed by atoms with Gasteiger partial charge in [-0.3, -0.25) is 14.5 Å². The van der Waals surface area contributed by atoms with Gasteiger partial charge in [0.25, 0.3) is 11.7 Å². The summed E-state index contributed by atoms with van der Waals surface area (Å²) in [6.45, 7) is 1.74. The molecule has 0 radical (unpaired) electrons. The number of carbonyl (C=O) groups is 3. The normalized spacial score (nSPS) is 13.7. The molecule has 2 heterocycles. The summed E-state index contributed by atoms with van der Waals surface area (Å²) in [4.78, 5) is 36.3. The minimum atomic E-state index is -1.14. The molecule has 1 aromatic carbocycles. The van der Waals surface area contributed by atoms with Crippen molar-refractivity contribution in [3.05, 3.63) is 53.0 Å². The Morgan fingerprint density at radius 2 is 2.05 bits per heavy atom. The number of Topliss-reactive ketones (excluding diaryl/α,β-unsaturated/α-hetero) is 1. The van der Waals surface area contributed by atoms with Crippen molar-refractivity contribution >= 4 is 23.3 Å². The first-order valence-corrected chi connectivity index (χ1v) is 6.25. The highest BCUT2D eigenvalue weighted by molar-refractivity contribution is 6.52. The van der Waals surface area contributed by atoms with E-state index in [1.54, 1.807) is 18.2 Å². The first-order chi connectivity index (χ1) is 9.99. The van der Waals surface area contributed by atoms with Crippen LogP contribution in [0.3, 0.4) is 0 Å². The third-order valence-corrected chi connectivity index (χ3v) is 3.40. The molecule has 21 heavy (non-hydrogen) atoms. The summed E-state index contributed by atoms with van der Waals surface area (Å²) >= 11 is 0. The number of fused-ring (bicyclic) bond motifs is 1. The van der Waals surface area contributed by atoms with Crippen LogP contribution in [0.15, 0.2) is 34.9 Å². The molecule has 0 aliphatic carbocycles. The van der Waals surface area contributed by atoms with E-state index in [1.807, 2.05) is 6.92 Å². The van der Waals surface area contributed by atoms with E-state index in [-0.39, 0.29) is 17.9 Å². The van der Waals surface area contributed by atoms with Gasteiger partial charge in [-0.25, -0.2) is 4.79 Å². The zero-order chi connectivity index (χ0) is 15.1. The van der Waals surface area contributed by atoms with Crippen molar-refractivity contribution in [3.8, 4) is 0 Å². The van der Waals surface area contributed by atoms with E-state index in [9.17, 15) is 14.4 Å². The lowest BCUT2D eigenvalue weighted by Gasteiger charge is -2.15. The van der Waals surface area contributed by atoms with Crippen molar-refractivity contribution in [2.75, 3.05) is 4.90 Å². The van der Waals surface area contributed by atoms with Crippen LogP contribution in [0.1, 0.15) is 32.0 Å². The average molecular weight is 285 g/mol. The molecule has 0 spiro atoms. The predicted octanol–water partition coefficient (Wildman–Crippen LogP) is 2.02. The van der Waals surface area contributed by atoms with Gasteiger partial charge in [0.2, 0.25) is 0 Å². The topological polar surface area (TPSA) is 87.8 Å². The number of carbonyl (C=O) groups excluding carboxylic acids is 2. The molecule has 1 aliphatic heterocycles. The Kier molecular flexibility index (Phi) is 2.86. The summed E-state index contributed by atoms with van der Waals surface area (Å²) in [7, 11) is 0. The summed E-state index contributed by atoms with van der Waals surface area (Å²) in [5, 5.41) is 9.05. The Labute approximate surface area is 119 Å². The van der Waals surface area contributed by atoms with Crippen LogP contribution >= 0.6 is 0 Å². The van der Waals surface area contributed by atoms with Crippen molar-refractivity contribution < 1.29 is 23.9 Å². The number of carboxylic acids is 1. The number of hydrogen-bond acceptors (Lipinski definition) is 4. The highest BCUT2D eigenvalue weighted by atomic mass is 16.4. The Hall–Kier alpha value is -2.89. The standard InChI is InChI=1S/C15H11NO5/c1-8-2-3-11-10(6-8)13(17)14(18)16(11)7-12-9(15(19)20)4-5-21-12/h2-6H,7H2,1H3,(H,19,20). The fourth-order valence-electron chi connectivity index (χ4n) is 2.37. The zero-order valence-electron chi connectivity index (χ0n) is 11.1. The maximum atomic E-state index is 12.1. The molecule has 1 aliphatic rings. The van der Waals surface area contributed by atoms with Gasteiger partial charge >= 0.3 is 5.97 Å². The SMILES string of the molecule is Cc1ccc2c(c1)C(=O)C(=O)N2Cc1occc1C(=O)O. The fourth-order valence-corrected chi connectivity index (χ4v) is 2.37. The van der Waals surface area contributed by atoms with Crippen LogP contribution in [0.2, 0.25) is 0 Å². The summed E-state index contributed by atoms with van der Waals surface area (Å²) < 4.78 is 5.12. The van der Waals surface area contributed by atoms with Gasteiger partial charge in [0.1, 0.15) is 11.3 Å². The van der Waals surface area contributed by atoms with Crippen LogP contribution < -0.4 is 4.90 Å². The molecule has 1 N–H and O–H groups in total. The second kappa shape index (κ2) is 4.59. The van der Waals surface area contributed by atoms with Crippen molar-refractivity contribution in [1.82, 2.24) is 0 Å². The Morgan fingerprint density at radius 3 is 2.76 bits per heavy atom. The smallest absolute Gasteiger partial charge is 0.339 e. The zero-order valence-corrected chi connectivity index (χ0v) is 11.1. The molecule has 6 heteroatoms. The van der Waals surface area contributed by atoms with Gasteiger partial charge in [0, 0.05) is 0 Å². The van der Waals surface area contributed by atoms with E-state index in [0.29, 0.717) is 11.3 Å². The van der Waals surface area contributed by atoms with Crippen LogP contribution in [0.25, 0.3) is 0 Å². The number of benzene rings is 1. The predicted molar refractivity (Wildman–Crippen MR) is 72.4 cm³/mol. The van der Waals surface area contributed by atoms with Crippen LogP contribution in [-0.4, -0.2) is 22.8 Å². The molecule has 0 bridgehead atoms. The molecule has 6 nitrogen and oxygen atoms in total. The summed E-state index contributed by atoms with van der Waals surface area (Å²) in [5.41, 5.74) is 1.67. The molecule has 2 aromatic rings. The Bertz CT molecular complexity index is 774. The second-order valence-electron chi connectivity index (χ2n) is 4.80. The van der Waals surface area contributed by atoms with Crippen LogP contribution in [0.5, 0.6) is 0 Å². The third-order valence-electron chi connectivity index (χ3n) is 3.40. The first-order valence-electron chi connectivity index (χ1n) is 6.25. The van der Waals surface area contributed by atoms with E-state index < -0.39 is 17.7 Å². The number of ketones is 1. The first kappa shape index (κ1) is 13.1. The second-order valence-corrected chi connectivity index (χ2v) is 4.80. The van der Waals surface area contributed by atoms with Gasteiger partial charge in [0.05, 0.1) is 24.1 Å². The number of amides is 1. The monoisotopic (exact) mass is 285 g/mol. The maximum absolute atomic E-state index is 12.1. The van der Waals surface area contributed by atoms with Crippen LogP contribution in [0, 0.1) is 6.92 Å². The lowest BCUT2D eigenvalue weighted by Crippen LogP contribution is -2.29. The number of rotatable bonds is 3. The molecule has 0 saturated carbocycles. The van der Waals surface area contributed by atoms with Crippen molar-refractivity contribution in [2.24, 2.45) is 0 Å². The molecule has 1 aromatic heterocycles. The summed E-state index contributed by atoms with van der Waals surface area (Å²) in [6, 6.07) is 6.43. The molecular formula is C15H11NO5. The maximum Gasteiger partial charge on any atom is 0.339 e. The molecule has 3 rings (SSSR count). The van der Waals surface area contributed by atoms with Gasteiger partial charge in [-0.1, -0.05) is 11.6 Å². The van der Waals surface area contributed by atoms with Gasteiger partial charge in [-0.15, -0.1) is 0 Å². The number of hydrogen-bond donors (Lipinski definition) is 1. The molecule has 106 valence electrons. The Balaban J connectivity index is 2.01. The number of aryl methyl sites for hydroxylation is 1. The minimum absolute atomic E-state index is 0.0178. The fraction of sp³-hybridized carbons (Fsp3) is 0.133. The quantitative estimate of drug-likeness (QED) is 0.871. The number of aromatic carboxylic acids is 1. The van der Waals surface area contributed by atoms with Crippen molar-refractivity contribution in [3.63, 3.8) is 0 Å². The highest BCUT2D eigenvalue weighted by Gasteiger charge is 2.36. The molecular weight excluding hydrogens is 274 g/mol. The highest BCUT2D eigenvalue weighted by Crippen LogP contribution is 2.31. The number of nitrogens with zero attached hydrogens (tertiary/aromatic N) is 1. The number of furan rings is 1. The van der Waals surface area contributed by atoms with Gasteiger partial charge < -0.3 is 9.52 Å². The number of anilines is 1. The van der Waals surface area contributed by atoms with Crippen molar-refractivity contribution in [1.29, 1.82) is 0 Å². The van der Waals surface area contributed by atoms with E-state index >= 15 is 0 Å². The third kappa shape index (κ3) is 2.01. The average Bonchev–Trinajstić information content (AvgIpc) is 2.99. The van der Waals surface area contributed by atoms with Crippen LogP contribution in [-0.2, 0) is 11.3 Å². The Morgan fingerprint density at radius 1 is 1.29 bits per heavy atom. The van der Waals surface area contributed by atoms with Gasteiger partial charge in [-0.2, -0.15) is 0 Å². The van der Waals surface area contributed by atoms with Gasteiger partial charge in [0.15, 0.2) is 0 Å². The van der Waals surface area contributed by atoms with Crippen LogP contribution in [0.4, 0.5) is 5.69 Å². The van der Waals surface area contributed by atoms with E-state index in [1.165, 1.54) is 17.2 Å². The molecule has 0 unspecified atom stereocenters. The van der Waals surface area contributed by atoms with Crippen molar-refractivity contribution in [2.45, 2.75) is 13.5 Å². The largest absolute Gasteiger partial charge is 0.478 e. The van der Waals surface area contributed by atoms with E-state index in [4.69, 9.17) is 9.52 Å². The lowest BCUT2D eigenvalue weighted by molar-refractivity contribution is -0.114. The van der Waals surface area contributed by atoms with E-state index in [2.05, 4.69) is 0 Å². The lowest BCUT2D eigenvalue weighted by atomic mass is 10.1. The summed E-state index contributed by atoms with van der Waals surface area (Å²) in [5.74, 6) is -2.27. The summed E-state index contributed by atoms with van der Waals surface area (Å²) in [6.07, 6.45) is 1.25. The molecule has 0 fully saturated rings. The van der Waals surface area contributed by atoms with E-state index in [0.717, 1.165) is 5.56 Å².